The van der Waals surface area contributed by atoms with Crippen LogP contribution in [0.2, 0.25) is 0 Å². The van der Waals surface area contributed by atoms with Crippen LogP contribution in [0.4, 0.5) is 0 Å². The quantitative estimate of drug-likeness (QED) is 0.262. The van der Waals surface area contributed by atoms with E-state index in [-0.39, 0.29) is 19.1 Å². The molecule has 7 heteroatoms. The molecule has 1 aliphatic rings. The second-order valence-corrected chi connectivity index (χ2v) is 9.52. The Balaban J connectivity index is 0.00000156. The molecule has 31 heavy (non-hydrogen) atoms. The number of hydrogen-bond acceptors (Lipinski definition) is 2. The summed E-state index contributed by atoms with van der Waals surface area (Å²) in [5, 5.41) is 0. The summed E-state index contributed by atoms with van der Waals surface area (Å²) in [4.78, 5) is 0. The summed E-state index contributed by atoms with van der Waals surface area (Å²) < 4.78 is 30.2. The Labute approximate surface area is 203 Å². The second kappa shape index (κ2) is 15.1. The van der Waals surface area contributed by atoms with E-state index in [4.69, 9.17) is 5.73 Å². The first kappa shape index (κ1) is 28.3. The van der Waals surface area contributed by atoms with Gasteiger partial charge in [0.05, 0.1) is 10.0 Å². The normalized spacial score (nSPS) is 17.1. The van der Waals surface area contributed by atoms with Gasteiger partial charge < -0.3 is 17.9 Å². The average molecular weight is 550 g/mol. The molecular weight excluding hydrogens is 517 g/mol. The molecular formula is C24H33ClN2O2RuS. The zero-order valence-corrected chi connectivity index (χ0v) is 21.4. The van der Waals surface area contributed by atoms with Crippen molar-refractivity contribution in [3.63, 3.8) is 0 Å². The van der Waals surface area contributed by atoms with E-state index in [1.165, 1.54) is 19.3 Å². The van der Waals surface area contributed by atoms with E-state index in [9.17, 15) is 8.42 Å². The van der Waals surface area contributed by atoms with Crippen LogP contribution in [-0.2, 0) is 27.3 Å². The maximum atomic E-state index is 13.0. The topological polar surface area (TPSA) is 72.0 Å². The zero-order valence-electron chi connectivity index (χ0n) is 18.1. The Morgan fingerprint density at radius 1 is 0.871 bits per heavy atom. The fraction of sp³-hybridized carbons (Fsp3) is 0.458. The smallest absolute Gasteiger partial charge is 0.0728 e. The van der Waals surface area contributed by atoms with Crippen molar-refractivity contribution in [2.45, 2.75) is 57.0 Å². The molecule has 1 aliphatic carbocycles. The third-order valence-electron chi connectivity index (χ3n) is 5.56. The van der Waals surface area contributed by atoms with E-state index in [1.807, 2.05) is 78.0 Å². The molecule has 2 aromatic rings. The van der Waals surface area contributed by atoms with E-state index >= 15 is 0 Å². The Hall–Kier alpha value is -0.777. The van der Waals surface area contributed by atoms with Crippen LogP contribution in [0.1, 0.15) is 68.2 Å². The summed E-state index contributed by atoms with van der Waals surface area (Å²) in [5.41, 5.74) is 10.3. The van der Waals surface area contributed by atoms with Crippen molar-refractivity contribution >= 4 is 19.7 Å². The Kier molecular flexibility index (Phi) is 13.8. The summed E-state index contributed by atoms with van der Waals surface area (Å²) in [6.07, 6.45) is 7.80. The van der Waals surface area contributed by atoms with Crippen molar-refractivity contribution in [2.24, 2.45) is 5.92 Å². The predicted molar refractivity (Wildman–Crippen MR) is 128 cm³/mol. The summed E-state index contributed by atoms with van der Waals surface area (Å²) in [6.45, 7) is 0. The van der Waals surface area contributed by atoms with Gasteiger partial charge in [-0.1, -0.05) is 104 Å². The molecule has 0 aliphatic heterocycles. The molecule has 1 fully saturated rings. The maximum absolute atomic E-state index is 13.0. The van der Waals surface area contributed by atoms with Gasteiger partial charge in [0.1, 0.15) is 0 Å². The molecule has 0 radical (unpaired) electrons. The van der Waals surface area contributed by atoms with Crippen LogP contribution in [-0.4, -0.2) is 14.2 Å². The minimum atomic E-state index is -3.60. The van der Waals surface area contributed by atoms with Crippen LogP contribution in [0.3, 0.4) is 0 Å². The predicted octanol–water partition coefficient (Wildman–Crippen LogP) is 7.72. The SMILES string of the molecule is [CH3-].[Cl][Ru+3].[NH-]C(c1ccccc1)C([N-]S(=O)(=O)CC1CCCCCCC1)c1ccccc1. The first-order valence-electron chi connectivity index (χ1n) is 10.4. The average Bonchev–Trinajstić information content (AvgIpc) is 2.76. The zero-order chi connectivity index (χ0) is 21.8. The molecule has 3 rings (SSSR count). The van der Waals surface area contributed by atoms with Crippen molar-refractivity contribution in [2.75, 3.05) is 5.75 Å². The number of nitrogens with one attached hydrogen (secondary N) is 1. The number of sulfonamides is 1. The number of hydrogen-bond donors (Lipinski definition) is 0. The summed E-state index contributed by atoms with van der Waals surface area (Å²) in [6, 6.07) is 17.3. The summed E-state index contributed by atoms with van der Waals surface area (Å²) in [7, 11) is 0.964. The molecule has 4 nitrogen and oxygen atoms in total. The van der Waals surface area contributed by atoms with Crippen LogP contribution in [0.15, 0.2) is 60.7 Å². The molecule has 2 atom stereocenters. The molecule has 0 spiro atoms. The van der Waals surface area contributed by atoms with Gasteiger partial charge in [0.15, 0.2) is 0 Å². The monoisotopic (exact) mass is 550 g/mol. The van der Waals surface area contributed by atoms with E-state index in [0.717, 1.165) is 36.8 Å². The van der Waals surface area contributed by atoms with Gasteiger partial charge in [0, 0.05) is 5.75 Å². The van der Waals surface area contributed by atoms with Gasteiger partial charge in [0.25, 0.3) is 0 Å². The van der Waals surface area contributed by atoms with Crippen LogP contribution in [0.5, 0.6) is 0 Å². The maximum Gasteiger partial charge on any atom is 0.0728 e. The summed E-state index contributed by atoms with van der Waals surface area (Å²) in [5.74, 6) is 0.295. The fourth-order valence-corrected chi connectivity index (χ4v) is 5.63. The van der Waals surface area contributed by atoms with Crippen molar-refractivity contribution in [1.29, 1.82) is 0 Å². The Morgan fingerprint density at radius 3 is 1.84 bits per heavy atom. The third kappa shape index (κ3) is 9.71. The molecule has 2 aromatic carbocycles. The molecule has 1 N–H and O–H groups in total. The van der Waals surface area contributed by atoms with Crippen molar-refractivity contribution in [1.82, 2.24) is 0 Å². The molecule has 0 aromatic heterocycles. The third-order valence-corrected chi connectivity index (χ3v) is 7.00. The van der Waals surface area contributed by atoms with E-state index in [1.54, 1.807) is 0 Å². The van der Waals surface area contributed by atoms with Gasteiger partial charge in [-0.15, -0.1) is 12.1 Å². The van der Waals surface area contributed by atoms with Gasteiger partial charge in [0.2, 0.25) is 0 Å². The fourth-order valence-electron chi connectivity index (χ4n) is 4.03. The van der Waals surface area contributed by atoms with Gasteiger partial charge in [-0.3, -0.25) is 0 Å². The molecule has 0 bridgehead atoms. The minimum Gasteiger partial charge on any atom is -0.672 e. The van der Waals surface area contributed by atoms with E-state index in [2.05, 4.69) is 14.4 Å². The minimum absolute atomic E-state index is 0. The van der Waals surface area contributed by atoms with Crippen molar-refractivity contribution in [3.8, 4) is 0 Å². The Bertz CT molecular complexity index is 814. The van der Waals surface area contributed by atoms with Crippen LogP contribution < -0.4 is 0 Å². The van der Waals surface area contributed by atoms with Gasteiger partial charge >= 0.3 is 27.0 Å². The van der Waals surface area contributed by atoms with Crippen molar-refractivity contribution < 1.29 is 25.7 Å². The summed E-state index contributed by atoms with van der Waals surface area (Å²) >= 11 is 1.82. The number of nitrogens with zero attached hydrogens (tertiary/aromatic N) is 1. The van der Waals surface area contributed by atoms with E-state index < -0.39 is 22.1 Å². The standard InChI is InChI=1S/C23H30N2O2S.CH3.ClH.Ru/c24-22(20-14-8-4-9-15-20)23(21-16-10-5-11-17-21)25-28(26,27)18-19-12-6-2-1-3-7-13-19;;;/h4-5,8-11,14-17,19,22-24H,1-3,6-7,12-13,18H2;1H3;1H;/q-2;-1;;+4/p-1. The number of halogens is 1. The van der Waals surface area contributed by atoms with Gasteiger partial charge in [-0.05, 0) is 18.8 Å². The first-order chi connectivity index (χ1) is 14.6. The van der Waals surface area contributed by atoms with Gasteiger partial charge in [-0.2, -0.15) is 0 Å². The van der Waals surface area contributed by atoms with E-state index in [0.29, 0.717) is 0 Å². The second-order valence-electron chi connectivity index (χ2n) is 7.81. The molecule has 2 unspecified atom stereocenters. The largest absolute Gasteiger partial charge is 0.672 e. The van der Waals surface area contributed by atoms with Crippen LogP contribution >= 0.6 is 9.69 Å². The molecule has 0 saturated heterocycles. The van der Waals surface area contributed by atoms with Gasteiger partial charge in [-0.25, -0.2) is 8.42 Å². The molecule has 172 valence electrons. The van der Waals surface area contributed by atoms with Crippen LogP contribution in [0.25, 0.3) is 10.5 Å². The molecule has 1 saturated carbocycles. The molecule has 0 heterocycles. The van der Waals surface area contributed by atoms with Crippen LogP contribution in [0, 0.1) is 13.3 Å². The first-order valence-corrected chi connectivity index (χ1v) is 14.3. The van der Waals surface area contributed by atoms with Crippen molar-refractivity contribution in [3.05, 3.63) is 89.7 Å². The Morgan fingerprint density at radius 2 is 1.32 bits per heavy atom. The number of rotatable bonds is 7. The number of benzene rings is 2. The molecule has 0 amide bonds.